The number of hydrogen-bond donors (Lipinski definition) is 0. The minimum Gasteiger partial charge on any atom is -0.369 e. The van der Waals surface area contributed by atoms with Gasteiger partial charge >= 0.3 is 0 Å². The van der Waals surface area contributed by atoms with Crippen molar-refractivity contribution in [3.05, 3.63) is 34.4 Å². The van der Waals surface area contributed by atoms with Crippen LogP contribution in [-0.2, 0) is 0 Å². The van der Waals surface area contributed by atoms with Gasteiger partial charge < -0.3 is 4.90 Å². The van der Waals surface area contributed by atoms with Crippen molar-refractivity contribution in [3.63, 3.8) is 0 Å². The van der Waals surface area contributed by atoms with Gasteiger partial charge in [-0.3, -0.25) is 15.0 Å². The number of non-ortho nitro benzene ring substituents is 1. The predicted molar refractivity (Wildman–Crippen MR) is 85.7 cm³/mol. The number of nitriles is 2. The van der Waals surface area contributed by atoms with E-state index in [1.54, 1.807) is 12.1 Å². The SMILES string of the molecule is N#CCCC(C#N)CN1CCN(c2ccc([N+](=O)[O-])cc2)CC1. The van der Waals surface area contributed by atoms with Crippen LogP contribution in [0.4, 0.5) is 11.4 Å². The summed E-state index contributed by atoms with van der Waals surface area (Å²) in [5.74, 6) is -0.0967. The molecule has 7 heteroatoms. The maximum Gasteiger partial charge on any atom is 0.269 e. The van der Waals surface area contributed by atoms with Gasteiger partial charge in [0.25, 0.3) is 5.69 Å². The number of anilines is 1. The molecule has 1 saturated heterocycles. The summed E-state index contributed by atoms with van der Waals surface area (Å²) in [5, 5.41) is 28.4. The van der Waals surface area contributed by atoms with Crippen molar-refractivity contribution in [3.8, 4) is 12.1 Å². The van der Waals surface area contributed by atoms with E-state index >= 15 is 0 Å². The van der Waals surface area contributed by atoms with Crippen molar-refractivity contribution in [1.82, 2.24) is 4.90 Å². The quantitative estimate of drug-likeness (QED) is 0.589. The average Bonchev–Trinajstić information content (AvgIpc) is 2.59. The monoisotopic (exact) mass is 313 g/mol. The molecule has 0 aliphatic carbocycles. The van der Waals surface area contributed by atoms with Gasteiger partial charge in [-0.25, -0.2) is 0 Å². The number of hydrogen-bond acceptors (Lipinski definition) is 6. The summed E-state index contributed by atoms with van der Waals surface area (Å²) in [6, 6.07) is 11.0. The van der Waals surface area contributed by atoms with Crippen molar-refractivity contribution in [1.29, 1.82) is 10.5 Å². The van der Waals surface area contributed by atoms with Gasteiger partial charge in [0.2, 0.25) is 0 Å². The summed E-state index contributed by atoms with van der Waals surface area (Å²) in [6.07, 6.45) is 1.04. The Kier molecular flexibility index (Phi) is 5.90. The van der Waals surface area contributed by atoms with E-state index in [1.165, 1.54) is 12.1 Å². The Bertz CT molecular complexity index is 609. The molecule has 1 aromatic carbocycles. The predicted octanol–water partition coefficient (Wildman–Crippen LogP) is 2.16. The number of nitro benzene ring substituents is 1. The summed E-state index contributed by atoms with van der Waals surface area (Å²) in [6.45, 7) is 4.05. The van der Waals surface area contributed by atoms with Crippen LogP contribution in [0.25, 0.3) is 0 Å². The fourth-order valence-electron chi connectivity index (χ4n) is 2.72. The Balaban J connectivity index is 1.85. The van der Waals surface area contributed by atoms with Crippen LogP contribution < -0.4 is 4.90 Å². The minimum atomic E-state index is -0.398. The second-order valence-electron chi connectivity index (χ2n) is 5.58. The van der Waals surface area contributed by atoms with Gasteiger partial charge in [0.1, 0.15) is 0 Å². The zero-order valence-electron chi connectivity index (χ0n) is 12.9. The molecule has 0 amide bonds. The third-order valence-corrected chi connectivity index (χ3v) is 4.06. The Hall–Kier alpha value is -2.64. The highest BCUT2D eigenvalue weighted by molar-refractivity contribution is 5.51. The summed E-state index contributed by atoms with van der Waals surface area (Å²) < 4.78 is 0. The molecule has 1 heterocycles. The molecule has 1 aromatic rings. The normalized spacial score (nSPS) is 16.3. The summed E-state index contributed by atoms with van der Waals surface area (Å²) >= 11 is 0. The van der Waals surface area contributed by atoms with Gasteiger partial charge in [-0.2, -0.15) is 10.5 Å². The zero-order chi connectivity index (χ0) is 16.7. The van der Waals surface area contributed by atoms with Crippen LogP contribution in [0.2, 0.25) is 0 Å². The first-order valence-electron chi connectivity index (χ1n) is 7.62. The highest BCUT2D eigenvalue weighted by Crippen LogP contribution is 2.21. The number of benzene rings is 1. The zero-order valence-corrected chi connectivity index (χ0v) is 12.9. The second-order valence-corrected chi connectivity index (χ2v) is 5.58. The lowest BCUT2D eigenvalue weighted by Gasteiger charge is -2.36. The van der Waals surface area contributed by atoms with E-state index in [0.717, 1.165) is 31.9 Å². The molecule has 0 radical (unpaired) electrons. The number of rotatable bonds is 6. The first kappa shape index (κ1) is 16.7. The van der Waals surface area contributed by atoms with Crippen molar-refractivity contribution in [2.45, 2.75) is 12.8 Å². The van der Waals surface area contributed by atoms with Gasteiger partial charge in [0.15, 0.2) is 0 Å². The molecule has 120 valence electrons. The Morgan fingerprint density at radius 3 is 2.35 bits per heavy atom. The molecule has 1 unspecified atom stereocenters. The Labute approximate surface area is 135 Å². The van der Waals surface area contributed by atoms with Crippen LogP contribution in [-0.4, -0.2) is 42.5 Å². The van der Waals surface area contributed by atoms with Crippen LogP contribution >= 0.6 is 0 Å². The highest BCUT2D eigenvalue weighted by Gasteiger charge is 2.20. The molecular formula is C16H19N5O2. The van der Waals surface area contributed by atoms with Crippen molar-refractivity contribution >= 4 is 11.4 Å². The van der Waals surface area contributed by atoms with E-state index in [4.69, 9.17) is 10.5 Å². The van der Waals surface area contributed by atoms with E-state index in [2.05, 4.69) is 21.9 Å². The van der Waals surface area contributed by atoms with E-state index in [1.807, 2.05) is 0 Å². The molecule has 1 fully saturated rings. The molecule has 2 rings (SSSR count). The lowest BCUT2D eigenvalue weighted by Crippen LogP contribution is -2.47. The van der Waals surface area contributed by atoms with Crippen molar-refractivity contribution in [2.24, 2.45) is 5.92 Å². The fraction of sp³-hybridized carbons (Fsp3) is 0.500. The lowest BCUT2D eigenvalue weighted by atomic mass is 10.0. The lowest BCUT2D eigenvalue weighted by molar-refractivity contribution is -0.384. The molecule has 23 heavy (non-hydrogen) atoms. The molecule has 0 spiro atoms. The summed E-state index contributed by atoms with van der Waals surface area (Å²) in [5.41, 5.74) is 1.08. The first-order valence-corrected chi connectivity index (χ1v) is 7.62. The first-order chi connectivity index (χ1) is 11.1. The standard InChI is InChI=1S/C16H19N5O2/c17-7-1-2-14(12-18)13-19-8-10-20(11-9-19)15-3-5-16(6-4-15)21(22)23/h3-6,14H,1-2,8-11,13H2. The van der Waals surface area contributed by atoms with Gasteiger partial charge in [0, 0.05) is 57.0 Å². The minimum absolute atomic E-state index is 0.0967. The molecule has 0 saturated carbocycles. The van der Waals surface area contributed by atoms with Crippen LogP contribution in [0.1, 0.15) is 12.8 Å². The largest absolute Gasteiger partial charge is 0.369 e. The molecule has 7 nitrogen and oxygen atoms in total. The molecule has 0 bridgehead atoms. The topological polar surface area (TPSA) is 97.2 Å². The number of nitrogens with zero attached hydrogens (tertiary/aromatic N) is 5. The molecule has 1 aliphatic heterocycles. The van der Waals surface area contributed by atoms with Crippen molar-refractivity contribution < 1.29 is 4.92 Å². The second kappa shape index (κ2) is 8.11. The molecule has 0 N–H and O–H groups in total. The van der Waals surface area contributed by atoms with Gasteiger partial charge in [-0.1, -0.05) is 0 Å². The van der Waals surface area contributed by atoms with Crippen LogP contribution in [0, 0.1) is 38.7 Å². The molecular weight excluding hydrogens is 294 g/mol. The van der Waals surface area contributed by atoms with Crippen LogP contribution in [0.15, 0.2) is 24.3 Å². The van der Waals surface area contributed by atoms with E-state index in [-0.39, 0.29) is 11.6 Å². The summed E-state index contributed by atoms with van der Waals surface area (Å²) in [4.78, 5) is 14.7. The Morgan fingerprint density at radius 1 is 1.17 bits per heavy atom. The average molecular weight is 313 g/mol. The Morgan fingerprint density at radius 2 is 1.83 bits per heavy atom. The summed E-state index contributed by atoms with van der Waals surface area (Å²) in [7, 11) is 0. The highest BCUT2D eigenvalue weighted by atomic mass is 16.6. The third-order valence-electron chi connectivity index (χ3n) is 4.06. The van der Waals surface area contributed by atoms with E-state index in [0.29, 0.717) is 19.4 Å². The van der Waals surface area contributed by atoms with Gasteiger partial charge in [-0.05, 0) is 18.6 Å². The van der Waals surface area contributed by atoms with E-state index < -0.39 is 4.92 Å². The maximum atomic E-state index is 10.7. The number of piperazine rings is 1. The number of nitro groups is 1. The fourth-order valence-corrected chi connectivity index (χ4v) is 2.72. The van der Waals surface area contributed by atoms with Gasteiger partial charge in [0.05, 0.1) is 23.0 Å². The van der Waals surface area contributed by atoms with Crippen LogP contribution in [0.5, 0.6) is 0 Å². The van der Waals surface area contributed by atoms with Crippen LogP contribution in [0.3, 0.4) is 0 Å². The van der Waals surface area contributed by atoms with Crippen molar-refractivity contribution in [2.75, 3.05) is 37.6 Å². The van der Waals surface area contributed by atoms with Gasteiger partial charge in [-0.15, -0.1) is 0 Å². The maximum absolute atomic E-state index is 10.7. The smallest absolute Gasteiger partial charge is 0.269 e. The molecule has 1 atom stereocenters. The molecule has 0 aromatic heterocycles. The third kappa shape index (κ3) is 4.67. The molecule has 1 aliphatic rings. The van der Waals surface area contributed by atoms with E-state index in [9.17, 15) is 10.1 Å².